The molecule has 2 aromatic rings. The molecule has 0 saturated carbocycles. The summed E-state index contributed by atoms with van der Waals surface area (Å²) in [7, 11) is 0. The van der Waals surface area contributed by atoms with Crippen molar-refractivity contribution in [3.63, 3.8) is 0 Å². The Morgan fingerprint density at radius 3 is 3.06 bits per heavy atom. The van der Waals surface area contributed by atoms with Gasteiger partial charge >= 0.3 is 0 Å². The molecule has 1 N–H and O–H groups in total. The van der Waals surface area contributed by atoms with E-state index in [2.05, 4.69) is 15.5 Å². The van der Waals surface area contributed by atoms with Gasteiger partial charge < -0.3 is 9.84 Å². The third-order valence-electron chi connectivity index (χ3n) is 3.43. The van der Waals surface area contributed by atoms with E-state index >= 15 is 0 Å². The van der Waals surface area contributed by atoms with E-state index in [0.29, 0.717) is 0 Å². The Morgan fingerprint density at radius 1 is 1.39 bits per heavy atom. The van der Waals surface area contributed by atoms with Gasteiger partial charge in [0.2, 0.25) is 11.7 Å². The molecule has 0 atom stereocenters. The van der Waals surface area contributed by atoms with E-state index in [4.69, 9.17) is 4.52 Å². The van der Waals surface area contributed by atoms with Gasteiger partial charge in [0.15, 0.2) is 0 Å². The molecule has 1 aliphatic rings. The van der Waals surface area contributed by atoms with Gasteiger partial charge in [-0.15, -0.1) is 11.3 Å². The number of nitrogens with one attached hydrogen (secondary N) is 1. The van der Waals surface area contributed by atoms with Gasteiger partial charge in [-0.1, -0.05) is 11.2 Å². The first-order valence-corrected chi connectivity index (χ1v) is 7.37. The van der Waals surface area contributed by atoms with Crippen LogP contribution in [0.5, 0.6) is 0 Å². The van der Waals surface area contributed by atoms with Crippen LogP contribution in [0.3, 0.4) is 0 Å². The smallest absolute Gasteiger partial charge is 0.226 e. The van der Waals surface area contributed by atoms with E-state index in [0.717, 1.165) is 48.4 Å². The molecule has 3 rings (SSSR count). The highest BCUT2D eigenvalue weighted by molar-refractivity contribution is 7.13. The van der Waals surface area contributed by atoms with Crippen molar-refractivity contribution in [2.45, 2.75) is 25.7 Å². The van der Waals surface area contributed by atoms with Crippen molar-refractivity contribution in [2.24, 2.45) is 5.92 Å². The predicted molar refractivity (Wildman–Crippen MR) is 71.5 cm³/mol. The van der Waals surface area contributed by atoms with Crippen LogP contribution in [-0.4, -0.2) is 23.2 Å². The highest BCUT2D eigenvalue weighted by Crippen LogP contribution is 2.23. The summed E-state index contributed by atoms with van der Waals surface area (Å²) in [5.74, 6) is 2.31. The Bertz CT molecular complexity index is 474. The number of piperidine rings is 1. The van der Waals surface area contributed by atoms with Crippen LogP contribution < -0.4 is 5.32 Å². The molecule has 0 spiro atoms. The minimum absolute atomic E-state index is 0.727. The van der Waals surface area contributed by atoms with Crippen LogP contribution in [0.15, 0.2) is 22.0 Å². The molecule has 18 heavy (non-hydrogen) atoms. The van der Waals surface area contributed by atoms with Crippen LogP contribution in [0.2, 0.25) is 0 Å². The summed E-state index contributed by atoms with van der Waals surface area (Å²) in [6, 6.07) is 4.02. The van der Waals surface area contributed by atoms with Gasteiger partial charge in [0, 0.05) is 6.42 Å². The molecule has 2 aromatic heterocycles. The molecule has 96 valence electrons. The van der Waals surface area contributed by atoms with Crippen molar-refractivity contribution >= 4 is 11.3 Å². The fourth-order valence-electron chi connectivity index (χ4n) is 2.36. The van der Waals surface area contributed by atoms with Crippen LogP contribution in [0, 0.1) is 5.92 Å². The number of aromatic nitrogens is 2. The van der Waals surface area contributed by atoms with E-state index in [1.807, 2.05) is 17.5 Å². The molecule has 5 heteroatoms. The zero-order valence-electron chi connectivity index (χ0n) is 10.3. The van der Waals surface area contributed by atoms with Gasteiger partial charge in [-0.05, 0) is 49.7 Å². The van der Waals surface area contributed by atoms with E-state index in [9.17, 15) is 0 Å². The average Bonchev–Trinajstić information content (AvgIpc) is 3.08. The number of hydrogen-bond acceptors (Lipinski definition) is 5. The van der Waals surface area contributed by atoms with Gasteiger partial charge in [-0.3, -0.25) is 0 Å². The second kappa shape index (κ2) is 5.63. The summed E-state index contributed by atoms with van der Waals surface area (Å²) in [5, 5.41) is 9.45. The van der Waals surface area contributed by atoms with Crippen molar-refractivity contribution < 1.29 is 4.52 Å². The lowest BCUT2D eigenvalue weighted by Crippen LogP contribution is -2.27. The summed E-state index contributed by atoms with van der Waals surface area (Å²) in [6.07, 6.45) is 4.61. The van der Waals surface area contributed by atoms with E-state index in [1.54, 1.807) is 11.3 Å². The second-order valence-corrected chi connectivity index (χ2v) is 5.67. The molecule has 1 fully saturated rings. The van der Waals surface area contributed by atoms with Gasteiger partial charge in [-0.2, -0.15) is 4.98 Å². The standard InChI is InChI=1S/C13H17N3OS/c1-2-11(18-9-1)13-15-12(17-16-13)4-3-10-5-7-14-8-6-10/h1-2,9-10,14H,3-8H2. The molecule has 0 amide bonds. The van der Waals surface area contributed by atoms with Crippen molar-refractivity contribution in [3.05, 3.63) is 23.4 Å². The molecule has 0 aromatic carbocycles. The Morgan fingerprint density at radius 2 is 2.28 bits per heavy atom. The minimum Gasteiger partial charge on any atom is -0.339 e. The fourth-order valence-corrected chi connectivity index (χ4v) is 3.01. The molecule has 0 radical (unpaired) electrons. The quantitative estimate of drug-likeness (QED) is 0.921. The van der Waals surface area contributed by atoms with Crippen LogP contribution >= 0.6 is 11.3 Å². The summed E-state index contributed by atoms with van der Waals surface area (Å²) in [5.41, 5.74) is 0. The molecule has 1 saturated heterocycles. The lowest BCUT2D eigenvalue weighted by Gasteiger charge is -2.21. The molecule has 0 unspecified atom stereocenters. The van der Waals surface area contributed by atoms with Crippen molar-refractivity contribution in [2.75, 3.05) is 13.1 Å². The first-order valence-electron chi connectivity index (χ1n) is 6.49. The van der Waals surface area contributed by atoms with Gasteiger partial charge in [0.25, 0.3) is 0 Å². The number of thiophene rings is 1. The highest BCUT2D eigenvalue weighted by Gasteiger charge is 2.15. The van der Waals surface area contributed by atoms with E-state index < -0.39 is 0 Å². The normalized spacial score (nSPS) is 17.1. The summed E-state index contributed by atoms with van der Waals surface area (Å²) < 4.78 is 5.31. The number of rotatable bonds is 4. The van der Waals surface area contributed by atoms with Gasteiger partial charge in [-0.25, -0.2) is 0 Å². The average molecular weight is 263 g/mol. The maximum Gasteiger partial charge on any atom is 0.226 e. The Hall–Kier alpha value is -1.20. The summed E-state index contributed by atoms with van der Waals surface area (Å²) in [4.78, 5) is 5.53. The highest BCUT2D eigenvalue weighted by atomic mass is 32.1. The number of nitrogens with zero attached hydrogens (tertiary/aromatic N) is 2. The van der Waals surface area contributed by atoms with Gasteiger partial charge in [0.1, 0.15) is 0 Å². The number of aryl methyl sites for hydroxylation is 1. The third kappa shape index (κ3) is 2.79. The molecule has 0 bridgehead atoms. The van der Waals surface area contributed by atoms with Crippen molar-refractivity contribution in [3.8, 4) is 10.7 Å². The zero-order chi connectivity index (χ0) is 12.2. The topological polar surface area (TPSA) is 51.0 Å². The Balaban J connectivity index is 1.57. The first kappa shape index (κ1) is 11.9. The lowest BCUT2D eigenvalue weighted by molar-refractivity contribution is 0.324. The van der Waals surface area contributed by atoms with E-state index in [1.165, 1.54) is 12.8 Å². The Labute approximate surface area is 110 Å². The van der Waals surface area contributed by atoms with Crippen LogP contribution in [-0.2, 0) is 6.42 Å². The zero-order valence-corrected chi connectivity index (χ0v) is 11.1. The summed E-state index contributed by atoms with van der Waals surface area (Å²) >= 11 is 1.64. The predicted octanol–water partition coefficient (Wildman–Crippen LogP) is 2.73. The fraction of sp³-hybridized carbons (Fsp3) is 0.538. The first-order chi connectivity index (χ1) is 8.92. The molecular formula is C13H17N3OS. The Kier molecular flexibility index (Phi) is 3.71. The molecule has 4 nitrogen and oxygen atoms in total. The largest absolute Gasteiger partial charge is 0.339 e. The molecule has 3 heterocycles. The van der Waals surface area contributed by atoms with E-state index in [-0.39, 0.29) is 0 Å². The maximum absolute atomic E-state index is 5.31. The van der Waals surface area contributed by atoms with Crippen LogP contribution in [0.4, 0.5) is 0 Å². The van der Waals surface area contributed by atoms with Crippen molar-refractivity contribution in [1.82, 2.24) is 15.5 Å². The van der Waals surface area contributed by atoms with Gasteiger partial charge in [0.05, 0.1) is 4.88 Å². The van der Waals surface area contributed by atoms with Crippen molar-refractivity contribution in [1.29, 1.82) is 0 Å². The second-order valence-electron chi connectivity index (χ2n) is 4.72. The monoisotopic (exact) mass is 263 g/mol. The van der Waals surface area contributed by atoms with Crippen LogP contribution in [0.25, 0.3) is 10.7 Å². The summed E-state index contributed by atoms with van der Waals surface area (Å²) in [6.45, 7) is 2.30. The third-order valence-corrected chi connectivity index (χ3v) is 4.30. The minimum atomic E-state index is 0.727. The molecule has 0 aliphatic carbocycles. The maximum atomic E-state index is 5.31. The number of hydrogen-bond donors (Lipinski definition) is 1. The molecule has 1 aliphatic heterocycles. The lowest BCUT2D eigenvalue weighted by atomic mass is 9.93. The molecular weight excluding hydrogens is 246 g/mol. The van der Waals surface area contributed by atoms with Crippen LogP contribution in [0.1, 0.15) is 25.2 Å². The SMILES string of the molecule is c1csc(-c2noc(CCC3CCNCC3)n2)c1.